The van der Waals surface area contributed by atoms with Gasteiger partial charge in [-0.3, -0.25) is 14.6 Å². The lowest BCUT2D eigenvalue weighted by atomic mass is 10.2. The molecule has 0 aliphatic rings. The van der Waals surface area contributed by atoms with Crippen LogP contribution in [-0.4, -0.2) is 55.7 Å². The molecule has 0 aliphatic heterocycles. The first-order valence-electron chi connectivity index (χ1n) is 6.36. The van der Waals surface area contributed by atoms with Crippen molar-refractivity contribution in [3.05, 3.63) is 29.6 Å². The van der Waals surface area contributed by atoms with E-state index in [0.717, 1.165) is 5.69 Å². The molecule has 1 rings (SSSR count). The van der Waals surface area contributed by atoms with Crippen molar-refractivity contribution in [2.45, 2.75) is 13.3 Å². The van der Waals surface area contributed by atoms with Crippen molar-refractivity contribution in [1.29, 1.82) is 0 Å². The first kappa shape index (κ1) is 16.1. The van der Waals surface area contributed by atoms with Gasteiger partial charge in [0.25, 0.3) is 5.91 Å². The van der Waals surface area contributed by atoms with Crippen LogP contribution in [0.15, 0.2) is 18.3 Å². The Balaban J connectivity index is 2.75. The summed E-state index contributed by atoms with van der Waals surface area (Å²) in [5.41, 5.74) is 1.33. The molecule has 0 aromatic carbocycles. The number of aromatic nitrogens is 1. The summed E-state index contributed by atoms with van der Waals surface area (Å²) in [5, 5.41) is 0. The Morgan fingerprint density at radius 3 is 2.65 bits per heavy atom. The van der Waals surface area contributed by atoms with Crippen LogP contribution < -0.4 is 0 Å². The molecule has 0 spiro atoms. The zero-order valence-electron chi connectivity index (χ0n) is 12.1. The van der Waals surface area contributed by atoms with Gasteiger partial charge in [-0.2, -0.15) is 0 Å². The van der Waals surface area contributed by atoms with Gasteiger partial charge in [-0.25, -0.2) is 0 Å². The zero-order chi connectivity index (χ0) is 15.0. The van der Waals surface area contributed by atoms with Crippen molar-refractivity contribution in [2.75, 3.05) is 33.9 Å². The molecule has 0 bridgehead atoms. The number of amides is 1. The summed E-state index contributed by atoms with van der Waals surface area (Å²) >= 11 is 0. The van der Waals surface area contributed by atoms with Crippen LogP contribution in [-0.2, 0) is 14.3 Å². The second-order valence-corrected chi connectivity index (χ2v) is 4.30. The maximum absolute atomic E-state index is 12.4. The highest BCUT2D eigenvalue weighted by Gasteiger charge is 2.17. The molecule has 1 aromatic rings. The van der Waals surface area contributed by atoms with Crippen molar-refractivity contribution < 1.29 is 19.1 Å². The van der Waals surface area contributed by atoms with Crippen LogP contribution in [0, 0.1) is 6.92 Å². The number of nitrogens with zero attached hydrogens (tertiary/aromatic N) is 2. The van der Waals surface area contributed by atoms with Crippen LogP contribution in [0.3, 0.4) is 0 Å². The molecule has 1 heterocycles. The average Bonchev–Trinajstić information content (AvgIpc) is 2.46. The maximum Gasteiger partial charge on any atom is 0.307 e. The largest absolute Gasteiger partial charge is 0.469 e. The Bertz CT molecular complexity index is 462. The fourth-order valence-electron chi connectivity index (χ4n) is 1.71. The molecule has 0 radical (unpaired) electrons. The van der Waals surface area contributed by atoms with E-state index in [1.807, 2.05) is 6.92 Å². The molecular formula is C14H20N2O4. The zero-order valence-corrected chi connectivity index (χ0v) is 12.1. The van der Waals surface area contributed by atoms with Gasteiger partial charge in [0, 0.05) is 37.7 Å². The fourth-order valence-corrected chi connectivity index (χ4v) is 1.71. The third-order valence-electron chi connectivity index (χ3n) is 2.81. The molecule has 0 aliphatic carbocycles. The smallest absolute Gasteiger partial charge is 0.307 e. The van der Waals surface area contributed by atoms with Gasteiger partial charge < -0.3 is 14.4 Å². The van der Waals surface area contributed by atoms with Crippen LogP contribution in [0.1, 0.15) is 22.5 Å². The molecule has 110 valence electrons. The topological polar surface area (TPSA) is 68.7 Å². The Morgan fingerprint density at radius 1 is 1.30 bits per heavy atom. The highest BCUT2D eigenvalue weighted by atomic mass is 16.5. The number of hydrogen-bond donors (Lipinski definition) is 0. The molecule has 0 saturated heterocycles. The first-order valence-corrected chi connectivity index (χ1v) is 6.36. The normalized spacial score (nSPS) is 10.2. The highest BCUT2D eigenvalue weighted by Crippen LogP contribution is 2.07. The Labute approximate surface area is 118 Å². The molecule has 1 amide bonds. The van der Waals surface area contributed by atoms with Gasteiger partial charge in [0.1, 0.15) is 0 Å². The standard InChI is InChI=1S/C14H20N2O4/c1-11-10-12(4-6-15-11)14(18)16(8-9-19-2)7-5-13(17)20-3/h4,6,10H,5,7-9H2,1-3H3. The second-order valence-electron chi connectivity index (χ2n) is 4.30. The van der Waals surface area contributed by atoms with Crippen LogP contribution in [0.4, 0.5) is 0 Å². The minimum Gasteiger partial charge on any atom is -0.469 e. The number of carbonyl (C=O) groups excluding carboxylic acids is 2. The summed E-state index contributed by atoms with van der Waals surface area (Å²) in [6.07, 6.45) is 1.76. The van der Waals surface area contributed by atoms with Crippen LogP contribution in [0.25, 0.3) is 0 Å². The van der Waals surface area contributed by atoms with Gasteiger partial charge >= 0.3 is 5.97 Å². The number of aryl methyl sites for hydroxylation is 1. The van der Waals surface area contributed by atoms with Crippen molar-refractivity contribution >= 4 is 11.9 Å². The third kappa shape index (κ3) is 4.97. The number of esters is 1. The summed E-state index contributed by atoms with van der Waals surface area (Å²) in [4.78, 5) is 29.2. The lowest BCUT2D eigenvalue weighted by Crippen LogP contribution is -2.35. The second kappa shape index (κ2) is 8.27. The van der Waals surface area contributed by atoms with Gasteiger partial charge in [0.05, 0.1) is 20.1 Å². The van der Waals surface area contributed by atoms with Gasteiger partial charge in [-0.1, -0.05) is 0 Å². The van der Waals surface area contributed by atoms with E-state index in [2.05, 4.69) is 9.72 Å². The van der Waals surface area contributed by atoms with E-state index < -0.39 is 0 Å². The average molecular weight is 280 g/mol. The third-order valence-corrected chi connectivity index (χ3v) is 2.81. The minimum absolute atomic E-state index is 0.142. The van der Waals surface area contributed by atoms with E-state index in [9.17, 15) is 9.59 Å². The SMILES string of the molecule is COCCN(CCC(=O)OC)C(=O)c1ccnc(C)c1. The molecule has 0 N–H and O–H groups in total. The van der Waals surface area contributed by atoms with Crippen molar-refractivity contribution in [3.8, 4) is 0 Å². The van der Waals surface area contributed by atoms with E-state index in [1.165, 1.54) is 7.11 Å². The Morgan fingerprint density at radius 2 is 2.05 bits per heavy atom. The lowest BCUT2D eigenvalue weighted by molar-refractivity contribution is -0.140. The maximum atomic E-state index is 12.4. The number of methoxy groups -OCH3 is 2. The first-order chi connectivity index (χ1) is 9.58. The molecule has 1 aromatic heterocycles. The number of carbonyl (C=O) groups is 2. The summed E-state index contributed by atoms with van der Waals surface area (Å²) in [7, 11) is 2.90. The predicted octanol–water partition coefficient (Wildman–Crippen LogP) is 1.04. The summed E-state index contributed by atoms with van der Waals surface area (Å²) in [6.45, 7) is 2.96. The lowest BCUT2D eigenvalue weighted by Gasteiger charge is -2.22. The molecule has 0 saturated carbocycles. The van der Waals surface area contributed by atoms with Crippen LogP contribution in [0.5, 0.6) is 0 Å². The van der Waals surface area contributed by atoms with E-state index in [-0.39, 0.29) is 18.3 Å². The summed E-state index contributed by atoms with van der Waals surface area (Å²) in [6, 6.07) is 3.38. The van der Waals surface area contributed by atoms with E-state index >= 15 is 0 Å². The van der Waals surface area contributed by atoms with Crippen LogP contribution in [0.2, 0.25) is 0 Å². The number of rotatable bonds is 7. The molecule has 6 nitrogen and oxygen atoms in total. The number of ether oxygens (including phenoxy) is 2. The number of pyridine rings is 1. The molecule has 0 fully saturated rings. The van der Waals surface area contributed by atoms with Gasteiger partial charge in [-0.15, -0.1) is 0 Å². The number of hydrogen-bond acceptors (Lipinski definition) is 5. The highest BCUT2D eigenvalue weighted by molar-refractivity contribution is 5.94. The van der Waals surface area contributed by atoms with Crippen molar-refractivity contribution in [1.82, 2.24) is 9.88 Å². The molecule has 0 unspecified atom stereocenters. The van der Waals surface area contributed by atoms with E-state index in [0.29, 0.717) is 25.3 Å². The van der Waals surface area contributed by atoms with E-state index in [1.54, 1.807) is 30.3 Å². The van der Waals surface area contributed by atoms with Gasteiger partial charge in [0.15, 0.2) is 0 Å². The minimum atomic E-state index is -0.342. The molecule has 20 heavy (non-hydrogen) atoms. The molecule has 0 atom stereocenters. The Hall–Kier alpha value is -1.95. The van der Waals surface area contributed by atoms with Crippen LogP contribution >= 0.6 is 0 Å². The van der Waals surface area contributed by atoms with E-state index in [4.69, 9.17) is 4.74 Å². The molecular weight excluding hydrogens is 260 g/mol. The monoisotopic (exact) mass is 280 g/mol. The van der Waals surface area contributed by atoms with Crippen molar-refractivity contribution in [2.24, 2.45) is 0 Å². The summed E-state index contributed by atoms with van der Waals surface area (Å²) in [5.74, 6) is -0.484. The molecule has 6 heteroatoms. The quantitative estimate of drug-likeness (QED) is 0.698. The van der Waals surface area contributed by atoms with Gasteiger partial charge in [-0.05, 0) is 19.1 Å². The van der Waals surface area contributed by atoms with Crippen molar-refractivity contribution in [3.63, 3.8) is 0 Å². The van der Waals surface area contributed by atoms with Gasteiger partial charge in [0.2, 0.25) is 0 Å². The fraction of sp³-hybridized carbons (Fsp3) is 0.500. The predicted molar refractivity (Wildman–Crippen MR) is 73.4 cm³/mol. The Kier molecular flexibility index (Phi) is 6.66. The summed E-state index contributed by atoms with van der Waals surface area (Å²) < 4.78 is 9.58.